The van der Waals surface area contributed by atoms with Gasteiger partial charge in [-0.15, -0.1) is 0 Å². The van der Waals surface area contributed by atoms with Crippen LogP contribution < -0.4 is 5.32 Å². The van der Waals surface area contributed by atoms with Crippen LogP contribution in [0.1, 0.15) is 5.56 Å². The number of methoxy groups -OCH3 is 1. The summed E-state index contributed by atoms with van der Waals surface area (Å²) in [5, 5.41) is 20.8. The predicted octanol–water partition coefficient (Wildman–Crippen LogP) is 0.581. The molecule has 0 aliphatic heterocycles. The van der Waals surface area contributed by atoms with Gasteiger partial charge in [-0.2, -0.15) is 0 Å². The second-order valence-electron chi connectivity index (χ2n) is 3.39. The molecule has 0 saturated carbocycles. The molecule has 1 atom stereocenters. The largest absolute Gasteiger partial charge is 0.508 e. The Hall–Kier alpha value is -1.59. The van der Waals surface area contributed by atoms with Gasteiger partial charge in [0.2, 0.25) is 0 Å². The van der Waals surface area contributed by atoms with Crippen LogP contribution in [0.2, 0.25) is 0 Å². The molecule has 0 radical (unpaired) electrons. The summed E-state index contributed by atoms with van der Waals surface area (Å²) in [6.07, 6.45) is 0. The molecule has 0 fully saturated rings. The molecule has 1 rings (SSSR count). The van der Waals surface area contributed by atoms with E-state index in [9.17, 15) is 4.79 Å². The van der Waals surface area contributed by atoms with E-state index in [1.54, 1.807) is 24.3 Å². The summed E-state index contributed by atoms with van der Waals surface area (Å²) in [5.41, 5.74) is 0.903. The summed E-state index contributed by atoms with van der Waals surface area (Å²) in [5.74, 6) is -0.754. The second-order valence-corrected chi connectivity index (χ2v) is 3.39. The van der Waals surface area contributed by atoms with Crippen molar-refractivity contribution in [2.45, 2.75) is 12.6 Å². The van der Waals surface area contributed by atoms with Crippen molar-refractivity contribution in [1.29, 1.82) is 0 Å². The SMILES string of the molecule is COCC(NCc1ccc(O)cc1)C(=O)O. The average molecular weight is 225 g/mol. The third-order valence-electron chi connectivity index (χ3n) is 2.12. The van der Waals surface area contributed by atoms with Gasteiger partial charge in [0.05, 0.1) is 6.61 Å². The Labute approximate surface area is 93.7 Å². The molecule has 1 aromatic carbocycles. The minimum absolute atomic E-state index is 0.118. The molecule has 1 aromatic rings. The summed E-state index contributed by atoms with van der Waals surface area (Å²) in [7, 11) is 1.46. The van der Waals surface area contributed by atoms with Crippen molar-refractivity contribution in [2.75, 3.05) is 13.7 Å². The van der Waals surface area contributed by atoms with Crippen LogP contribution in [-0.2, 0) is 16.1 Å². The van der Waals surface area contributed by atoms with Crippen LogP contribution in [0.25, 0.3) is 0 Å². The zero-order valence-electron chi connectivity index (χ0n) is 9.01. The number of rotatable bonds is 6. The third-order valence-corrected chi connectivity index (χ3v) is 2.12. The molecule has 5 nitrogen and oxygen atoms in total. The van der Waals surface area contributed by atoms with Crippen LogP contribution in [0.4, 0.5) is 0 Å². The fraction of sp³-hybridized carbons (Fsp3) is 0.364. The first-order chi connectivity index (χ1) is 7.63. The maximum Gasteiger partial charge on any atom is 0.323 e. The van der Waals surface area contributed by atoms with Crippen LogP contribution in [0, 0.1) is 0 Å². The number of hydrogen-bond acceptors (Lipinski definition) is 4. The highest BCUT2D eigenvalue weighted by Gasteiger charge is 2.15. The highest BCUT2D eigenvalue weighted by Crippen LogP contribution is 2.09. The Balaban J connectivity index is 2.48. The fourth-order valence-electron chi connectivity index (χ4n) is 1.24. The van der Waals surface area contributed by atoms with Crippen LogP contribution in [0.3, 0.4) is 0 Å². The number of carboxylic acid groups (broad SMARTS) is 1. The fourth-order valence-corrected chi connectivity index (χ4v) is 1.24. The van der Waals surface area contributed by atoms with E-state index < -0.39 is 12.0 Å². The standard InChI is InChI=1S/C11H15NO4/c1-16-7-10(11(14)15)12-6-8-2-4-9(13)5-3-8/h2-5,10,12-13H,6-7H2,1H3,(H,14,15). The second kappa shape index (κ2) is 6.09. The van der Waals surface area contributed by atoms with E-state index in [1.807, 2.05) is 0 Å². The number of ether oxygens (including phenoxy) is 1. The van der Waals surface area contributed by atoms with Gasteiger partial charge in [0.25, 0.3) is 0 Å². The molecule has 0 aliphatic carbocycles. The number of carboxylic acids is 1. The van der Waals surface area contributed by atoms with E-state index in [0.29, 0.717) is 6.54 Å². The Kier molecular flexibility index (Phi) is 4.75. The van der Waals surface area contributed by atoms with Crippen LogP contribution >= 0.6 is 0 Å². The maximum atomic E-state index is 10.8. The van der Waals surface area contributed by atoms with E-state index >= 15 is 0 Å². The Morgan fingerprint density at radius 2 is 2.06 bits per heavy atom. The molecule has 1 unspecified atom stereocenters. The number of aromatic hydroxyl groups is 1. The van der Waals surface area contributed by atoms with Crippen molar-refractivity contribution in [3.05, 3.63) is 29.8 Å². The minimum atomic E-state index is -0.944. The molecule has 0 aliphatic rings. The predicted molar refractivity (Wildman–Crippen MR) is 58.2 cm³/mol. The normalized spacial score (nSPS) is 12.3. The smallest absolute Gasteiger partial charge is 0.323 e. The van der Waals surface area contributed by atoms with Gasteiger partial charge in [-0.25, -0.2) is 0 Å². The molecule has 0 amide bonds. The van der Waals surface area contributed by atoms with Crippen molar-refractivity contribution >= 4 is 5.97 Å². The van der Waals surface area contributed by atoms with Crippen molar-refractivity contribution in [3.8, 4) is 5.75 Å². The molecular formula is C11H15NO4. The van der Waals surface area contributed by atoms with E-state index in [4.69, 9.17) is 14.9 Å². The van der Waals surface area contributed by atoms with Gasteiger partial charge in [-0.3, -0.25) is 10.1 Å². The van der Waals surface area contributed by atoms with Gasteiger partial charge >= 0.3 is 5.97 Å². The monoisotopic (exact) mass is 225 g/mol. The van der Waals surface area contributed by atoms with Gasteiger partial charge in [-0.1, -0.05) is 12.1 Å². The van der Waals surface area contributed by atoms with Crippen molar-refractivity contribution in [1.82, 2.24) is 5.32 Å². The van der Waals surface area contributed by atoms with Crippen LogP contribution in [0.5, 0.6) is 5.75 Å². The van der Waals surface area contributed by atoms with E-state index in [-0.39, 0.29) is 12.4 Å². The van der Waals surface area contributed by atoms with Gasteiger partial charge in [-0.05, 0) is 17.7 Å². The average Bonchev–Trinajstić information content (AvgIpc) is 2.26. The molecular weight excluding hydrogens is 210 g/mol. The molecule has 0 aromatic heterocycles. The maximum absolute atomic E-state index is 10.8. The number of benzene rings is 1. The highest BCUT2D eigenvalue weighted by molar-refractivity contribution is 5.73. The molecule has 88 valence electrons. The van der Waals surface area contributed by atoms with E-state index in [0.717, 1.165) is 5.56 Å². The lowest BCUT2D eigenvalue weighted by Crippen LogP contribution is -2.39. The van der Waals surface area contributed by atoms with Crippen molar-refractivity contribution < 1.29 is 19.7 Å². The van der Waals surface area contributed by atoms with Gasteiger partial charge in [0, 0.05) is 13.7 Å². The number of phenols is 1. The number of phenolic OH excluding ortho intramolecular Hbond substituents is 1. The number of hydrogen-bond donors (Lipinski definition) is 3. The van der Waals surface area contributed by atoms with E-state index in [2.05, 4.69) is 5.32 Å². The highest BCUT2D eigenvalue weighted by atomic mass is 16.5. The van der Waals surface area contributed by atoms with Gasteiger partial charge in [0.15, 0.2) is 0 Å². The van der Waals surface area contributed by atoms with Crippen molar-refractivity contribution in [2.24, 2.45) is 0 Å². The van der Waals surface area contributed by atoms with Gasteiger partial charge in [0.1, 0.15) is 11.8 Å². The molecule has 3 N–H and O–H groups in total. The summed E-state index contributed by atoms with van der Waals surface area (Å²) in [6.45, 7) is 0.536. The Morgan fingerprint density at radius 3 is 2.56 bits per heavy atom. The summed E-state index contributed by atoms with van der Waals surface area (Å²) in [6, 6.07) is 5.85. The number of aliphatic carboxylic acids is 1. The van der Waals surface area contributed by atoms with Gasteiger partial charge < -0.3 is 14.9 Å². The van der Waals surface area contributed by atoms with Crippen LogP contribution in [0.15, 0.2) is 24.3 Å². The lowest BCUT2D eigenvalue weighted by Gasteiger charge is -2.13. The number of carbonyl (C=O) groups is 1. The first-order valence-corrected chi connectivity index (χ1v) is 4.86. The lowest BCUT2D eigenvalue weighted by molar-refractivity contribution is -0.140. The lowest BCUT2D eigenvalue weighted by atomic mass is 10.2. The molecule has 0 heterocycles. The molecule has 16 heavy (non-hydrogen) atoms. The van der Waals surface area contributed by atoms with Crippen LogP contribution in [-0.4, -0.2) is 35.9 Å². The summed E-state index contributed by atoms with van der Waals surface area (Å²) in [4.78, 5) is 10.8. The minimum Gasteiger partial charge on any atom is -0.508 e. The molecule has 5 heteroatoms. The first kappa shape index (κ1) is 12.5. The summed E-state index contributed by atoms with van der Waals surface area (Å²) >= 11 is 0. The Bertz CT molecular complexity index is 336. The third kappa shape index (κ3) is 3.88. The molecule has 0 bridgehead atoms. The molecule has 0 saturated heterocycles. The van der Waals surface area contributed by atoms with E-state index in [1.165, 1.54) is 7.11 Å². The quantitative estimate of drug-likeness (QED) is 0.660. The summed E-state index contributed by atoms with van der Waals surface area (Å²) < 4.78 is 4.79. The zero-order chi connectivity index (χ0) is 12.0. The molecule has 0 spiro atoms. The number of nitrogens with one attached hydrogen (secondary N) is 1. The first-order valence-electron chi connectivity index (χ1n) is 4.86. The van der Waals surface area contributed by atoms with Crippen molar-refractivity contribution in [3.63, 3.8) is 0 Å². The Morgan fingerprint density at radius 1 is 1.44 bits per heavy atom. The topological polar surface area (TPSA) is 78.8 Å². The zero-order valence-corrected chi connectivity index (χ0v) is 9.01.